The quantitative estimate of drug-likeness (QED) is 0.249. The van der Waals surface area contributed by atoms with Crippen LogP contribution in [0.1, 0.15) is 86.6 Å². The van der Waals surface area contributed by atoms with E-state index < -0.39 is 0 Å². The number of hydrogen-bond donors (Lipinski definition) is 1. The van der Waals surface area contributed by atoms with Crippen LogP contribution in [0, 0.1) is 6.92 Å². The highest BCUT2D eigenvalue weighted by Gasteiger charge is 2.08. The van der Waals surface area contributed by atoms with Gasteiger partial charge < -0.3 is 14.8 Å². The Balaban J connectivity index is 0.00000190. The smallest absolute Gasteiger partial charge is 0.316 e. The predicted molar refractivity (Wildman–Crippen MR) is 152 cm³/mol. The largest absolute Gasteiger partial charge is 0.493 e. The second-order valence-electron chi connectivity index (χ2n) is 7.92. The standard InChI is InChI=1S/C23H30N4O2S.C3H8.C2H6.H2/c1-4-5-6-7-8-9-12-29-21-13-19(11-10-17(21)2)26-23-27-20(16-30-23)18-14-24-22(28-3)25-15-18;1-3-2;1-2;/h10-11,13-16H,4-9,12H2,1-3H3,(H,26,27);3H2,1-2H3;1-2H3;1H. The summed E-state index contributed by atoms with van der Waals surface area (Å²) < 4.78 is 11.0. The van der Waals surface area contributed by atoms with Crippen LogP contribution in [0.4, 0.5) is 10.8 Å². The van der Waals surface area contributed by atoms with E-state index in [1.165, 1.54) is 38.5 Å². The highest BCUT2D eigenvalue weighted by Crippen LogP contribution is 2.29. The molecule has 2 aromatic heterocycles. The van der Waals surface area contributed by atoms with E-state index in [4.69, 9.17) is 9.47 Å². The van der Waals surface area contributed by atoms with E-state index in [0.717, 1.165) is 46.4 Å². The molecule has 0 bridgehead atoms. The first-order valence-electron chi connectivity index (χ1n) is 12.9. The Morgan fingerprint density at radius 1 is 0.971 bits per heavy atom. The van der Waals surface area contributed by atoms with Gasteiger partial charge >= 0.3 is 6.01 Å². The molecule has 35 heavy (non-hydrogen) atoms. The summed E-state index contributed by atoms with van der Waals surface area (Å²) in [5.74, 6) is 0.925. The van der Waals surface area contributed by atoms with Crippen LogP contribution in [-0.4, -0.2) is 28.7 Å². The van der Waals surface area contributed by atoms with Crippen molar-refractivity contribution < 1.29 is 10.9 Å². The maximum absolute atomic E-state index is 6.03. The van der Waals surface area contributed by atoms with Crippen molar-refractivity contribution in [2.24, 2.45) is 0 Å². The van der Waals surface area contributed by atoms with Gasteiger partial charge in [-0.05, 0) is 25.0 Å². The molecule has 0 saturated heterocycles. The Hall–Kier alpha value is -2.67. The van der Waals surface area contributed by atoms with E-state index >= 15 is 0 Å². The lowest BCUT2D eigenvalue weighted by molar-refractivity contribution is 0.302. The summed E-state index contributed by atoms with van der Waals surface area (Å²) in [7, 11) is 1.55. The zero-order valence-corrected chi connectivity index (χ0v) is 23.5. The molecule has 0 amide bonds. The minimum atomic E-state index is 0. The molecular formula is C28H46N4O2S. The van der Waals surface area contributed by atoms with Crippen LogP contribution in [0.15, 0.2) is 36.0 Å². The summed E-state index contributed by atoms with van der Waals surface area (Å²) in [6.07, 6.45) is 12.2. The molecule has 6 nitrogen and oxygen atoms in total. The van der Waals surface area contributed by atoms with Gasteiger partial charge in [0.25, 0.3) is 0 Å². The Bertz CT molecular complexity index is 936. The molecule has 0 spiro atoms. The third kappa shape index (κ3) is 11.5. The Kier molecular flexibility index (Phi) is 16.2. The van der Waals surface area contributed by atoms with Crippen LogP contribution >= 0.6 is 11.3 Å². The summed E-state index contributed by atoms with van der Waals surface area (Å²) in [4.78, 5) is 12.9. The molecule has 0 aliphatic heterocycles. The van der Waals surface area contributed by atoms with Crippen LogP contribution in [0.25, 0.3) is 11.3 Å². The number of unbranched alkanes of at least 4 members (excludes halogenated alkanes) is 5. The normalized spacial score (nSPS) is 9.91. The highest BCUT2D eigenvalue weighted by atomic mass is 32.1. The second-order valence-corrected chi connectivity index (χ2v) is 8.78. The van der Waals surface area contributed by atoms with Gasteiger partial charge in [0.2, 0.25) is 0 Å². The van der Waals surface area contributed by atoms with Crippen LogP contribution in [0.2, 0.25) is 0 Å². The van der Waals surface area contributed by atoms with Gasteiger partial charge in [-0.3, -0.25) is 0 Å². The lowest BCUT2D eigenvalue weighted by Gasteiger charge is -2.11. The van der Waals surface area contributed by atoms with Crippen molar-refractivity contribution in [2.45, 2.75) is 86.5 Å². The average molecular weight is 503 g/mol. The molecule has 1 N–H and O–H groups in total. The summed E-state index contributed by atoms with van der Waals surface area (Å²) >= 11 is 1.54. The van der Waals surface area contributed by atoms with Crippen molar-refractivity contribution in [3.05, 3.63) is 41.5 Å². The zero-order chi connectivity index (χ0) is 25.9. The second kappa shape index (κ2) is 18.6. The van der Waals surface area contributed by atoms with E-state index in [-0.39, 0.29) is 1.43 Å². The predicted octanol–water partition coefficient (Wildman–Crippen LogP) is 9.09. The summed E-state index contributed by atoms with van der Waals surface area (Å²) in [6.45, 7) is 13.3. The summed E-state index contributed by atoms with van der Waals surface area (Å²) in [6, 6.07) is 6.51. The van der Waals surface area contributed by atoms with Crippen LogP contribution < -0.4 is 14.8 Å². The number of nitrogens with one attached hydrogen (secondary N) is 1. The highest BCUT2D eigenvalue weighted by molar-refractivity contribution is 7.14. The first-order valence-corrected chi connectivity index (χ1v) is 13.8. The van der Waals surface area contributed by atoms with Crippen molar-refractivity contribution in [3.8, 4) is 23.0 Å². The van der Waals surface area contributed by atoms with E-state index in [2.05, 4.69) is 54.0 Å². The number of hydrogen-bond acceptors (Lipinski definition) is 7. The molecule has 0 atom stereocenters. The van der Waals surface area contributed by atoms with Crippen LogP contribution in [0.5, 0.6) is 11.8 Å². The molecule has 3 rings (SSSR count). The topological polar surface area (TPSA) is 69.2 Å². The van der Waals surface area contributed by atoms with E-state index in [1.807, 2.05) is 31.4 Å². The lowest BCUT2D eigenvalue weighted by atomic mass is 10.1. The fraction of sp³-hybridized carbons (Fsp3) is 0.536. The van der Waals surface area contributed by atoms with Crippen molar-refractivity contribution in [1.82, 2.24) is 15.0 Å². The van der Waals surface area contributed by atoms with Crippen LogP contribution in [-0.2, 0) is 0 Å². The number of nitrogens with zero attached hydrogens (tertiary/aromatic N) is 3. The van der Waals surface area contributed by atoms with Crippen molar-refractivity contribution >= 4 is 22.2 Å². The molecule has 0 radical (unpaired) electrons. The number of thiazole rings is 1. The number of anilines is 2. The van der Waals surface area contributed by atoms with Gasteiger partial charge in [0.05, 0.1) is 19.4 Å². The van der Waals surface area contributed by atoms with Gasteiger partial charge in [-0.15, -0.1) is 11.3 Å². The number of ether oxygens (including phenoxy) is 2. The molecule has 0 aliphatic carbocycles. The van der Waals surface area contributed by atoms with Crippen molar-refractivity contribution in [3.63, 3.8) is 0 Å². The van der Waals surface area contributed by atoms with Gasteiger partial charge in [-0.1, -0.05) is 79.2 Å². The summed E-state index contributed by atoms with van der Waals surface area (Å²) in [5.41, 5.74) is 3.79. The Labute approximate surface area is 218 Å². The van der Waals surface area contributed by atoms with Crippen LogP contribution in [0.3, 0.4) is 0 Å². The van der Waals surface area contributed by atoms with E-state index in [0.29, 0.717) is 6.01 Å². The molecule has 7 heteroatoms. The SMILES string of the molecule is CC.CCC.CCCCCCCCOc1cc(Nc2nc(-c3cnc(OC)nc3)cs2)ccc1C.[HH]. The molecule has 196 valence electrons. The molecular weight excluding hydrogens is 456 g/mol. The minimum absolute atomic E-state index is 0. The fourth-order valence-corrected chi connectivity index (χ4v) is 3.78. The number of rotatable bonds is 12. The Morgan fingerprint density at radius 3 is 2.29 bits per heavy atom. The van der Waals surface area contributed by atoms with Gasteiger partial charge in [0.15, 0.2) is 5.13 Å². The zero-order valence-electron chi connectivity index (χ0n) is 22.7. The summed E-state index contributed by atoms with van der Waals surface area (Å²) in [5, 5.41) is 6.17. The maximum Gasteiger partial charge on any atom is 0.316 e. The third-order valence-corrected chi connectivity index (χ3v) is 5.56. The van der Waals surface area contributed by atoms with Gasteiger partial charge in [-0.2, -0.15) is 0 Å². The molecule has 2 heterocycles. The first kappa shape index (κ1) is 30.4. The number of aryl methyl sites for hydroxylation is 1. The number of methoxy groups -OCH3 is 1. The van der Waals surface area contributed by atoms with Gasteiger partial charge in [0, 0.05) is 36.5 Å². The monoisotopic (exact) mass is 502 g/mol. The van der Waals surface area contributed by atoms with Crippen molar-refractivity contribution in [1.29, 1.82) is 0 Å². The number of aromatic nitrogens is 3. The minimum Gasteiger partial charge on any atom is -0.493 e. The molecule has 0 fully saturated rings. The van der Waals surface area contributed by atoms with Crippen molar-refractivity contribution in [2.75, 3.05) is 19.0 Å². The molecule has 0 unspecified atom stereocenters. The Morgan fingerprint density at radius 2 is 1.63 bits per heavy atom. The molecule has 0 aliphatic rings. The molecule has 0 saturated carbocycles. The lowest BCUT2D eigenvalue weighted by Crippen LogP contribution is -2.00. The number of benzene rings is 1. The maximum atomic E-state index is 6.03. The fourth-order valence-electron chi connectivity index (χ4n) is 3.04. The van der Waals surface area contributed by atoms with Gasteiger partial charge in [0.1, 0.15) is 5.75 Å². The molecule has 3 aromatic rings. The van der Waals surface area contributed by atoms with Gasteiger partial charge in [-0.25, -0.2) is 15.0 Å². The first-order chi connectivity index (χ1) is 17.1. The third-order valence-electron chi connectivity index (χ3n) is 4.81. The van der Waals surface area contributed by atoms with E-state index in [1.54, 1.807) is 30.8 Å². The average Bonchev–Trinajstić information content (AvgIpc) is 3.35. The van der Waals surface area contributed by atoms with E-state index in [9.17, 15) is 0 Å². The molecule has 1 aromatic carbocycles.